The van der Waals surface area contributed by atoms with E-state index in [0.717, 1.165) is 12.8 Å². The lowest BCUT2D eigenvalue weighted by atomic mass is 10.2. The summed E-state index contributed by atoms with van der Waals surface area (Å²) in [6.07, 6.45) is 3.69. The van der Waals surface area contributed by atoms with Crippen molar-refractivity contribution in [2.75, 3.05) is 38.9 Å². The van der Waals surface area contributed by atoms with Gasteiger partial charge < -0.3 is 24.2 Å². The van der Waals surface area contributed by atoms with E-state index in [-0.39, 0.29) is 34.0 Å². The van der Waals surface area contributed by atoms with Gasteiger partial charge >= 0.3 is 0 Å². The first-order chi connectivity index (χ1) is 14.5. The molecule has 0 aromatic carbocycles. The molecule has 0 saturated carbocycles. The molecule has 2 heterocycles. The van der Waals surface area contributed by atoms with Gasteiger partial charge in [-0.25, -0.2) is 0 Å². The van der Waals surface area contributed by atoms with E-state index in [0.29, 0.717) is 32.8 Å². The summed E-state index contributed by atoms with van der Waals surface area (Å²) in [5.41, 5.74) is 3.28. The van der Waals surface area contributed by atoms with Crippen molar-refractivity contribution in [2.45, 2.75) is 71.3 Å². The number of carbonyl (C=O) groups is 1. The quantitative estimate of drug-likeness (QED) is 0.408. The van der Waals surface area contributed by atoms with Crippen molar-refractivity contribution in [3.8, 4) is 5.75 Å². The van der Waals surface area contributed by atoms with E-state index in [1.165, 1.54) is 6.07 Å². The number of nitrogens with zero attached hydrogens (tertiary/aromatic N) is 2. The van der Waals surface area contributed by atoms with E-state index in [1.807, 2.05) is 6.92 Å². The van der Waals surface area contributed by atoms with Gasteiger partial charge in [-0.2, -0.15) is 0 Å². The standard InChI is InChI=1S/C22H39N3O5Si/c1-8-9-14-29-20-17(26)10-12-25-19(20)21(27)24(18(23-25)11-15-28-5)13-16-30-31(6,7)22(2,3)4/h10,12,18,23H,8-9,11,13-16H2,1-7H3. The average Bonchev–Trinajstić information content (AvgIpc) is 2.69. The molecular formula is C22H39N3O5Si. The number of methoxy groups -OCH3 is 1. The maximum absolute atomic E-state index is 13.5. The van der Waals surface area contributed by atoms with Gasteiger partial charge in [0.05, 0.1) is 13.2 Å². The molecule has 9 heteroatoms. The molecule has 2 rings (SSSR count). The number of hydrogen-bond acceptors (Lipinski definition) is 6. The molecule has 176 valence electrons. The van der Waals surface area contributed by atoms with Crippen LogP contribution in [0, 0.1) is 0 Å². The third-order valence-electron chi connectivity index (χ3n) is 6.12. The van der Waals surface area contributed by atoms with Crippen molar-refractivity contribution < 1.29 is 18.7 Å². The number of unbranched alkanes of at least 4 members (excludes halogenated alkanes) is 1. The van der Waals surface area contributed by atoms with Crippen LogP contribution in [-0.4, -0.2) is 63.4 Å². The predicted molar refractivity (Wildman–Crippen MR) is 125 cm³/mol. The molecule has 1 N–H and O–H groups in total. The van der Waals surface area contributed by atoms with Crippen molar-refractivity contribution in [2.24, 2.45) is 0 Å². The van der Waals surface area contributed by atoms with Crippen LogP contribution in [0.5, 0.6) is 5.75 Å². The Morgan fingerprint density at radius 1 is 1.16 bits per heavy atom. The molecule has 1 aliphatic rings. The minimum absolute atomic E-state index is 0.0901. The van der Waals surface area contributed by atoms with Crippen LogP contribution >= 0.6 is 0 Å². The first kappa shape index (κ1) is 25.4. The number of ether oxygens (including phenoxy) is 2. The van der Waals surface area contributed by atoms with Gasteiger partial charge in [0, 0.05) is 38.9 Å². The second-order valence-electron chi connectivity index (χ2n) is 9.46. The van der Waals surface area contributed by atoms with Gasteiger partial charge in [0.2, 0.25) is 5.43 Å². The summed E-state index contributed by atoms with van der Waals surface area (Å²) in [6, 6.07) is 1.43. The molecule has 0 spiro atoms. The number of rotatable bonds is 11. The molecule has 0 radical (unpaired) electrons. The molecule has 1 atom stereocenters. The Bertz CT molecular complexity index is 803. The van der Waals surface area contributed by atoms with Gasteiger partial charge in [0.15, 0.2) is 19.8 Å². The summed E-state index contributed by atoms with van der Waals surface area (Å²) in [7, 11) is -0.296. The second kappa shape index (κ2) is 10.6. The topological polar surface area (TPSA) is 82.0 Å². The second-order valence-corrected chi connectivity index (χ2v) is 14.3. The number of fused-ring (bicyclic) bond motifs is 1. The third kappa shape index (κ3) is 6.11. The number of pyridine rings is 1. The van der Waals surface area contributed by atoms with E-state index in [4.69, 9.17) is 13.9 Å². The summed E-state index contributed by atoms with van der Waals surface area (Å²) in [6.45, 7) is 14.8. The summed E-state index contributed by atoms with van der Waals surface area (Å²) < 4.78 is 18.9. The van der Waals surface area contributed by atoms with Crippen molar-refractivity contribution in [1.82, 2.24) is 9.58 Å². The molecule has 0 saturated heterocycles. The van der Waals surface area contributed by atoms with Gasteiger partial charge in [-0.1, -0.05) is 34.1 Å². The average molecular weight is 454 g/mol. The van der Waals surface area contributed by atoms with E-state index < -0.39 is 8.32 Å². The van der Waals surface area contributed by atoms with Crippen molar-refractivity contribution in [3.05, 3.63) is 28.2 Å². The zero-order valence-electron chi connectivity index (χ0n) is 20.1. The van der Waals surface area contributed by atoms with E-state index in [9.17, 15) is 9.59 Å². The number of amides is 1. The molecule has 1 unspecified atom stereocenters. The van der Waals surface area contributed by atoms with Crippen LogP contribution in [0.3, 0.4) is 0 Å². The molecule has 0 fully saturated rings. The minimum atomic E-state index is -1.94. The molecular weight excluding hydrogens is 414 g/mol. The van der Waals surface area contributed by atoms with Crippen LogP contribution in [0.1, 0.15) is 57.4 Å². The van der Waals surface area contributed by atoms with Crippen molar-refractivity contribution in [1.29, 1.82) is 0 Å². The summed E-state index contributed by atoms with van der Waals surface area (Å²) in [5, 5.41) is 0.0901. The highest BCUT2D eigenvalue weighted by atomic mass is 28.4. The lowest BCUT2D eigenvalue weighted by Gasteiger charge is -2.41. The molecule has 0 aliphatic carbocycles. The van der Waals surface area contributed by atoms with E-state index >= 15 is 0 Å². The Labute approximate surface area is 187 Å². The first-order valence-electron chi connectivity index (χ1n) is 11.1. The smallest absolute Gasteiger partial charge is 0.278 e. The van der Waals surface area contributed by atoms with Gasteiger partial charge in [0.25, 0.3) is 5.91 Å². The summed E-state index contributed by atoms with van der Waals surface area (Å²) >= 11 is 0. The van der Waals surface area contributed by atoms with E-state index in [1.54, 1.807) is 22.9 Å². The molecule has 0 bridgehead atoms. The molecule has 1 aromatic rings. The fourth-order valence-corrected chi connectivity index (χ4v) is 4.15. The largest absolute Gasteiger partial charge is 0.487 e. The number of hydrogen-bond donors (Lipinski definition) is 1. The number of aromatic nitrogens is 1. The molecule has 8 nitrogen and oxygen atoms in total. The Morgan fingerprint density at radius 2 is 1.87 bits per heavy atom. The summed E-state index contributed by atoms with van der Waals surface area (Å²) in [5.74, 6) is -0.128. The number of nitrogens with one attached hydrogen (secondary N) is 1. The van der Waals surface area contributed by atoms with Crippen molar-refractivity contribution >= 4 is 14.2 Å². The van der Waals surface area contributed by atoms with Crippen LogP contribution < -0.4 is 15.6 Å². The normalized spacial score (nSPS) is 16.8. The minimum Gasteiger partial charge on any atom is -0.487 e. The molecule has 31 heavy (non-hydrogen) atoms. The maximum atomic E-state index is 13.5. The maximum Gasteiger partial charge on any atom is 0.278 e. The van der Waals surface area contributed by atoms with Gasteiger partial charge in [-0.15, -0.1) is 0 Å². The van der Waals surface area contributed by atoms with Crippen LogP contribution in [0.2, 0.25) is 18.1 Å². The van der Waals surface area contributed by atoms with Crippen LogP contribution in [0.15, 0.2) is 17.1 Å². The van der Waals surface area contributed by atoms with E-state index in [2.05, 4.69) is 39.3 Å². The van der Waals surface area contributed by atoms with Crippen LogP contribution in [0.4, 0.5) is 0 Å². The van der Waals surface area contributed by atoms with Crippen LogP contribution in [-0.2, 0) is 9.16 Å². The highest BCUT2D eigenvalue weighted by Crippen LogP contribution is 2.36. The highest BCUT2D eigenvalue weighted by molar-refractivity contribution is 6.74. The van der Waals surface area contributed by atoms with Crippen molar-refractivity contribution in [3.63, 3.8) is 0 Å². The van der Waals surface area contributed by atoms with Gasteiger partial charge in [-0.3, -0.25) is 14.3 Å². The molecule has 1 amide bonds. The Kier molecular flexibility index (Phi) is 8.73. The lowest BCUT2D eigenvalue weighted by molar-refractivity contribution is 0.0542. The fraction of sp³-hybridized carbons (Fsp3) is 0.727. The molecule has 1 aliphatic heterocycles. The fourth-order valence-electron chi connectivity index (χ4n) is 3.12. The van der Waals surface area contributed by atoms with Gasteiger partial charge in [-0.05, 0) is 24.6 Å². The lowest BCUT2D eigenvalue weighted by Crippen LogP contribution is -2.56. The predicted octanol–water partition coefficient (Wildman–Crippen LogP) is 3.41. The Morgan fingerprint density at radius 3 is 2.48 bits per heavy atom. The Balaban J connectivity index is 2.28. The highest BCUT2D eigenvalue weighted by Gasteiger charge is 2.39. The third-order valence-corrected chi connectivity index (χ3v) is 10.7. The van der Waals surface area contributed by atoms with Crippen LogP contribution in [0.25, 0.3) is 0 Å². The molecule has 1 aromatic heterocycles. The number of carbonyl (C=O) groups excluding carboxylic acids is 1. The SMILES string of the molecule is CCCCOc1c2n(ccc1=O)NC(CCOC)N(CCO[Si](C)(C)C(C)(C)C)C2=O. The zero-order chi connectivity index (χ0) is 23.2. The monoisotopic (exact) mass is 453 g/mol. The zero-order valence-corrected chi connectivity index (χ0v) is 21.1. The summed E-state index contributed by atoms with van der Waals surface area (Å²) in [4.78, 5) is 27.7. The first-order valence-corrected chi connectivity index (χ1v) is 14.0. The van der Waals surface area contributed by atoms with Gasteiger partial charge in [0.1, 0.15) is 6.17 Å². The Hall–Kier alpha value is -1.84.